The van der Waals surface area contributed by atoms with Crippen molar-refractivity contribution in [2.24, 2.45) is 0 Å². The van der Waals surface area contributed by atoms with E-state index in [0.29, 0.717) is 0 Å². The van der Waals surface area contributed by atoms with Gasteiger partial charge in [0.15, 0.2) is 0 Å². The summed E-state index contributed by atoms with van der Waals surface area (Å²) in [5, 5.41) is 13.4. The standard InChI is InChI=1S/C32H28O/c1-22-12-4-6-14-24(22)29-21-20-23-13-5-7-15-25(23)31(29)28-18-9-8-16-26(28)27-17-10-11-19-30(27)32(2,3)33/h4-21,33H,1-3H3. The van der Waals surface area contributed by atoms with Crippen LogP contribution in [-0.2, 0) is 5.60 Å². The Morgan fingerprint density at radius 3 is 1.82 bits per heavy atom. The molecule has 0 aliphatic rings. The van der Waals surface area contributed by atoms with Gasteiger partial charge in [-0.3, -0.25) is 0 Å². The minimum Gasteiger partial charge on any atom is -0.386 e. The molecule has 0 heterocycles. The Morgan fingerprint density at radius 1 is 0.515 bits per heavy atom. The molecule has 0 saturated heterocycles. The van der Waals surface area contributed by atoms with Crippen molar-refractivity contribution in [3.05, 3.63) is 120 Å². The molecule has 0 aromatic heterocycles. The fourth-order valence-electron chi connectivity index (χ4n) is 4.85. The first-order chi connectivity index (χ1) is 15.9. The van der Waals surface area contributed by atoms with Crippen LogP contribution in [0.2, 0.25) is 0 Å². The lowest BCUT2D eigenvalue weighted by atomic mass is 9.82. The van der Waals surface area contributed by atoms with Gasteiger partial charge in [0.1, 0.15) is 0 Å². The van der Waals surface area contributed by atoms with Gasteiger partial charge in [-0.1, -0.05) is 109 Å². The second-order valence-electron chi connectivity index (χ2n) is 9.17. The number of aryl methyl sites for hydroxylation is 1. The van der Waals surface area contributed by atoms with Crippen molar-refractivity contribution in [2.45, 2.75) is 26.4 Å². The third kappa shape index (κ3) is 3.86. The Balaban J connectivity index is 1.89. The van der Waals surface area contributed by atoms with Gasteiger partial charge in [-0.05, 0) is 76.1 Å². The van der Waals surface area contributed by atoms with Gasteiger partial charge in [-0.15, -0.1) is 0 Å². The first kappa shape index (κ1) is 21.2. The number of aliphatic hydroxyl groups is 1. The molecule has 1 nitrogen and oxygen atoms in total. The van der Waals surface area contributed by atoms with Crippen LogP contribution >= 0.6 is 0 Å². The third-order valence-electron chi connectivity index (χ3n) is 6.44. The van der Waals surface area contributed by atoms with E-state index in [-0.39, 0.29) is 0 Å². The molecule has 0 spiro atoms. The lowest BCUT2D eigenvalue weighted by Crippen LogP contribution is -2.16. The number of benzene rings is 5. The van der Waals surface area contributed by atoms with Gasteiger partial charge in [0.05, 0.1) is 5.60 Å². The Morgan fingerprint density at radius 2 is 1.09 bits per heavy atom. The highest BCUT2D eigenvalue weighted by molar-refractivity contribution is 6.07. The molecule has 162 valence electrons. The summed E-state index contributed by atoms with van der Waals surface area (Å²) in [6.07, 6.45) is 0. The molecule has 0 aliphatic heterocycles. The Bertz CT molecular complexity index is 1450. The van der Waals surface area contributed by atoms with E-state index >= 15 is 0 Å². The molecule has 0 bridgehead atoms. The maximum atomic E-state index is 10.9. The summed E-state index contributed by atoms with van der Waals surface area (Å²) in [6.45, 7) is 5.88. The van der Waals surface area contributed by atoms with Gasteiger partial charge in [-0.25, -0.2) is 0 Å². The van der Waals surface area contributed by atoms with Crippen molar-refractivity contribution >= 4 is 10.8 Å². The molecule has 5 rings (SSSR count). The molecule has 0 saturated carbocycles. The van der Waals surface area contributed by atoms with Crippen molar-refractivity contribution < 1.29 is 5.11 Å². The average molecular weight is 429 g/mol. The number of fused-ring (bicyclic) bond motifs is 1. The zero-order valence-electron chi connectivity index (χ0n) is 19.3. The molecule has 0 fully saturated rings. The molecule has 0 radical (unpaired) electrons. The van der Waals surface area contributed by atoms with E-state index < -0.39 is 5.60 Å². The maximum absolute atomic E-state index is 10.9. The average Bonchev–Trinajstić information content (AvgIpc) is 2.83. The van der Waals surface area contributed by atoms with Gasteiger partial charge in [0.25, 0.3) is 0 Å². The molecule has 5 aromatic carbocycles. The third-order valence-corrected chi connectivity index (χ3v) is 6.44. The first-order valence-electron chi connectivity index (χ1n) is 11.4. The number of hydrogen-bond donors (Lipinski definition) is 1. The van der Waals surface area contributed by atoms with Gasteiger partial charge >= 0.3 is 0 Å². The topological polar surface area (TPSA) is 20.2 Å². The largest absolute Gasteiger partial charge is 0.386 e. The smallest absolute Gasteiger partial charge is 0.0846 e. The van der Waals surface area contributed by atoms with Crippen LogP contribution < -0.4 is 0 Å². The van der Waals surface area contributed by atoms with Crippen LogP contribution in [0, 0.1) is 6.92 Å². The second-order valence-corrected chi connectivity index (χ2v) is 9.17. The molecule has 0 amide bonds. The van der Waals surface area contributed by atoms with E-state index in [0.717, 1.165) is 16.7 Å². The summed E-state index contributed by atoms with van der Waals surface area (Å²) in [6, 6.07) is 38.4. The van der Waals surface area contributed by atoms with E-state index in [2.05, 4.69) is 97.9 Å². The molecule has 0 unspecified atom stereocenters. The van der Waals surface area contributed by atoms with Gasteiger partial charge in [-0.2, -0.15) is 0 Å². The molecule has 0 atom stereocenters. The summed E-state index contributed by atoms with van der Waals surface area (Å²) >= 11 is 0. The fourth-order valence-corrected chi connectivity index (χ4v) is 4.85. The van der Waals surface area contributed by atoms with Gasteiger partial charge in [0, 0.05) is 0 Å². The monoisotopic (exact) mass is 428 g/mol. The summed E-state index contributed by atoms with van der Waals surface area (Å²) in [5.41, 5.74) is 8.28. The molecular weight excluding hydrogens is 400 g/mol. The lowest BCUT2D eigenvalue weighted by Gasteiger charge is -2.24. The van der Waals surface area contributed by atoms with Crippen molar-refractivity contribution in [3.63, 3.8) is 0 Å². The van der Waals surface area contributed by atoms with Crippen LogP contribution in [0.1, 0.15) is 25.0 Å². The van der Waals surface area contributed by atoms with E-state index in [4.69, 9.17) is 0 Å². The Kier molecular flexibility index (Phi) is 5.36. The number of rotatable bonds is 4. The molecule has 0 aliphatic carbocycles. The minimum atomic E-state index is -0.943. The SMILES string of the molecule is Cc1ccccc1-c1ccc2ccccc2c1-c1ccccc1-c1ccccc1C(C)(C)O. The van der Waals surface area contributed by atoms with Crippen LogP contribution in [0.15, 0.2) is 109 Å². The molecule has 1 N–H and O–H groups in total. The van der Waals surface area contributed by atoms with Gasteiger partial charge in [0.2, 0.25) is 0 Å². The lowest BCUT2D eigenvalue weighted by molar-refractivity contribution is 0.0792. The van der Waals surface area contributed by atoms with Crippen molar-refractivity contribution in [1.82, 2.24) is 0 Å². The Hall–Kier alpha value is -3.68. The second kappa shape index (κ2) is 8.35. The molecule has 5 aromatic rings. The first-order valence-corrected chi connectivity index (χ1v) is 11.4. The zero-order valence-corrected chi connectivity index (χ0v) is 19.3. The van der Waals surface area contributed by atoms with Crippen molar-refractivity contribution in [2.75, 3.05) is 0 Å². The predicted molar refractivity (Wildman–Crippen MR) is 140 cm³/mol. The van der Waals surface area contributed by atoms with Gasteiger partial charge < -0.3 is 5.11 Å². The van der Waals surface area contributed by atoms with Crippen LogP contribution in [-0.4, -0.2) is 5.11 Å². The zero-order chi connectivity index (χ0) is 23.0. The van der Waals surface area contributed by atoms with Crippen LogP contribution in [0.3, 0.4) is 0 Å². The van der Waals surface area contributed by atoms with Crippen LogP contribution in [0.5, 0.6) is 0 Å². The highest BCUT2D eigenvalue weighted by atomic mass is 16.3. The Labute approximate surface area is 196 Å². The number of hydrogen-bond acceptors (Lipinski definition) is 1. The van der Waals surface area contributed by atoms with Crippen molar-refractivity contribution in [3.8, 4) is 33.4 Å². The quantitative estimate of drug-likeness (QED) is 0.305. The van der Waals surface area contributed by atoms with E-state index in [1.807, 2.05) is 32.0 Å². The maximum Gasteiger partial charge on any atom is 0.0846 e. The normalized spacial score (nSPS) is 11.6. The highest BCUT2D eigenvalue weighted by Gasteiger charge is 2.23. The molecule has 33 heavy (non-hydrogen) atoms. The van der Waals surface area contributed by atoms with Crippen LogP contribution in [0.25, 0.3) is 44.2 Å². The molecular formula is C32H28O. The fraction of sp³-hybridized carbons (Fsp3) is 0.125. The van der Waals surface area contributed by atoms with E-state index in [9.17, 15) is 5.11 Å². The van der Waals surface area contributed by atoms with Crippen LogP contribution in [0.4, 0.5) is 0 Å². The predicted octanol–water partition coefficient (Wildman–Crippen LogP) is 8.38. The highest BCUT2D eigenvalue weighted by Crippen LogP contribution is 2.44. The summed E-state index contributed by atoms with van der Waals surface area (Å²) in [4.78, 5) is 0. The van der Waals surface area contributed by atoms with Crippen molar-refractivity contribution in [1.29, 1.82) is 0 Å². The summed E-state index contributed by atoms with van der Waals surface area (Å²) in [7, 11) is 0. The summed E-state index contributed by atoms with van der Waals surface area (Å²) < 4.78 is 0. The van der Waals surface area contributed by atoms with E-state index in [1.165, 1.54) is 38.6 Å². The summed E-state index contributed by atoms with van der Waals surface area (Å²) in [5.74, 6) is 0. The van der Waals surface area contributed by atoms with E-state index in [1.54, 1.807) is 0 Å². The molecule has 1 heteroatoms. The minimum absolute atomic E-state index is 0.926.